The predicted molar refractivity (Wildman–Crippen MR) is 142 cm³/mol. The molecule has 2 aliphatic rings. The number of nitrogen functional groups attached to an aromatic ring is 1. The molecule has 2 fully saturated rings. The van der Waals surface area contributed by atoms with E-state index in [1.165, 1.54) is 4.52 Å². The molecular weight excluding hydrogens is 486 g/mol. The molecule has 0 aliphatic carbocycles. The normalized spacial score (nSPS) is 18.8. The Morgan fingerprint density at radius 1 is 1.11 bits per heavy atom. The molecule has 0 amide bonds. The van der Waals surface area contributed by atoms with Crippen molar-refractivity contribution in [3.05, 3.63) is 47.7 Å². The number of rotatable bonds is 6. The van der Waals surface area contributed by atoms with Gasteiger partial charge < -0.3 is 25.1 Å². The number of carboxylic acids is 1. The van der Waals surface area contributed by atoms with Crippen LogP contribution in [0.2, 0.25) is 0 Å². The Bertz CT molecular complexity index is 1440. The quantitative estimate of drug-likeness (QED) is 0.389. The van der Waals surface area contributed by atoms with Crippen molar-refractivity contribution < 1.29 is 14.3 Å². The van der Waals surface area contributed by atoms with Crippen molar-refractivity contribution in [2.75, 3.05) is 61.3 Å². The summed E-state index contributed by atoms with van der Waals surface area (Å²) in [7, 11) is 0. The largest absolute Gasteiger partial charge is 0.478 e. The highest BCUT2D eigenvalue weighted by Crippen LogP contribution is 2.26. The third-order valence-electron chi connectivity index (χ3n) is 7.44. The molecule has 0 unspecified atom stereocenters. The monoisotopic (exact) mass is 517 g/mol. The summed E-state index contributed by atoms with van der Waals surface area (Å²) in [6, 6.07) is 8.96. The van der Waals surface area contributed by atoms with Gasteiger partial charge >= 0.3 is 5.97 Å². The van der Waals surface area contributed by atoms with Gasteiger partial charge in [-0.3, -0.25) is 4.90 Å². The Kier molecular flexibility index (Phi) is 6.32. The Morgan fingerprint density at radius 3 is 2.68 bits per heavy atom. The molecule has 5 heterocycles. The van der Waals surface area contributed by atoms with Crippen LogP contribution in [0.25, 0.3) is 17.4 Å². The number of furan rings is 1. The molecule has 1 atom stereocenters. The van der Waals surface area contributed by atoms with E-state index < -0.39 is 5.97 Å². The van der Waals surface area contributed by atoms with Crippen LogP contribution in [0, 0.1) is 12.8 Å². The molecule has 0 bridgehead atoms. The molecule has 12 nitrogen and oxygen atoms in total. The molecule has 198 valence electrons. The number of carboxylic acid groups (broad SMARTS) is 1. The zero-order valence-corrected chi connectivity index (χ0v) is 21.3. The maximum atomic E-state index is 11.3. The van der Waals surface area contributed by atoms with E-state index in [0.29, 0.717) is 34.8 Å². The van der Waals surface area contributed by atoms with Crippen molar-refractivity contribution in [3.8, 4) is 11.6 Å². The van der Waals surface area contributed by atoms with Crippen LogP contribution >= 0.6 is 0 Å². The number of aryl methyl sites for hydroxylation is 1. The summed E-state index contributed by atoms with van der Waals surface area (Å²) in [4.78, 5) is 32.0. The molecule has 1 aromatic carbocycles. The lowest BCUT2D eigenvalue weighted by atomic mass is 9.97. The highest BCUT2D eigenvalue weighted by Gasteiger charge is 2.27. The summed E-state index contributed by atoms with van der Waals surface area (Å²) in [5.74, 6) is 1.84. The van der Waals surface area contributed by atoms with Crippen molar-refractivity contribution in [1.82, 2.24) is 29.5 Å². The molecule has 0 saturated carbocycles. The van der Waals surface area contributed by atoms with Gasteiger partial charge in [0.25, 0.3) is 5.78 Å². The third kappa shape index (κ3) is 4.74. The van der Waals surface area contributed by atoms with Gasteiger partial charge in [-0.05, 0) is 61.6 Å². The number of fused-ring (bicyclic) bond motifs is 1. The van der Waals surface area contributed by atoms with Gasteiger partial charge in [0.2, 0.25) is 17.7 Å². The van der Waals surface area contributed by atoms with Crippen LogP contribution in [0.4, 0.5) is 17.6 Å². The van der Waals surface area contributed by atoms with Crippen LogP contribution in [0.5, 0.6) is 0 Å². The molecule has 38 heavy (non-hydrogen) atoms. The lowest BCUT2D eigenvalue weighted by Gasteiger charge is -2.40. The third-order valence-corrected chi connectivity index (χ3v) is 7.44. The van der Waals surface area contributed by atoms with Gasteiger partial charge in [-0.2, -0.15) is 19.5 Å². The number of anilines is 3. The van der Waals surface area contributed by atoms with Gasteiger partial charge in [-0.25, -0.2) is 4.79 Å². The fourth-order valence-corrected chi connectivity index (χ4v) is 5.52. The average Bonchev–Trinajstić information content (AvgIpc) is 3.60. The first kappa shape index (κ1) is 24.2. The molecule has 2 saturated heterocycles. The first-order chi connectivity index (χ1) is 18.4. The minimum Gasteiger partial charge on any atom is -0.478 e. The Labute approximate surface area is 219 Å². The van der Waals surface area contributed by atoms with Crippen molar-refractivity contribution >= 4 is 29.3 Å². The topological polar surface area (TPSA) is 142 Å². The summed E-state index contributed by atoms with van der Waals surface area (Å²) < 4.78 is 6.85. The van der Waals surface area contributed by atoms with E-state index in [4.69, 9.17) is 10.2 Å². The number of piperazine rings is 1. The summed E-state index contributed by atoms with van der Waals surface area (Å²) >= 11 is 0. The maximum Gasteiger partial charge on any atom is 0.335 e. The number of aromatic nitrogens is 5. The van der Waals surface area contributed by atoms with Crippen LogP contribution in [0.1, 0.15) is 28.8 Å². The molecule has 2 aliphatic heterocycles. The molecule has 4 aromatic rings. The first-order valence-electron chi connectivity index (χ1n) is 12.9. The summed E-state index contributed by atoms with van der Waals surface area (Å²) in [5.41, 5.74) is 8.67. The van der Waals surface area contributed by atoms with Crippen LogP contribution < -0.4 is 15.5 Å². The standard InChI is InChI=1S/C26H31N9O3/c1-17-14-19(23(36)37)6-7-20(17)33-11-9-32(10-12-33)15-18-4-2-8-34(16-18)25-29-24(27)35-26(30-25)28-22(31-35)21-5-3-13-38-21/h3,5-7,13-14,18H,2,4,8-12,15-16H2,1H3,(H,36,37)(H2,27,28,29,30,31)/t18-/m0/s1. The summed E-state index contributed by atoms with van der Waals surface area (Å²) in [6.45, 7) is 8.54. The molecule has 12 heteroatoms. The summed E-state index contributed by atoms with van der Waals surface area (Å²) in [5, 5.41) is 13.6. The second-order valence-corrected chi connectivity index (χ2v) is 10.1. The number of hydrogen-bond acceptors (Lipinski definition) is 10. The molecule has 3 N–H and O–H groups in total. The van der Waals surface area contributed by atoms with E-state index in [1.807, 2.05) is 13.0 Å². The van der Waals surface area contributed by atoms with Gasteiger partial charge in [0.05, 0.1) is 11.8 Å². The van der Waals surface area contributed by atoms with Crippen LogP contribution in [-0.2, 0) is 0 Å². The number of nitrogens with two attached hydrogens (primary N) is 1. The van der Waals surface area contributed by atoms with Crippen LogP contribution in [0.15, 0.2) is 41.0 Å². The van der Waals surface area contributed by atoms with Gasteiger partial charge in [0.15, 0.2) is 5.76 Å². The van der Waals surface area contributed by atoms with E-state index in [2.05, 4.69) is 34.8 Å². The highest BCUT2D eigenvalue weighted by atomic mass is 16.4. The van der Waals surface area contributed by atoms with Gasteiger partial charge in [0, 0.05) is 51.5 Å². The van der Waals surface area contributed by atoms with E-state index in [1.54, 1.807) is 30.5 Å². The fraction of sp³-hybridized carbons (Fsp3) is 0.423. The second-order valence-electron chi connectivity index (χ2n) is 10.1. The van der Waals surface area contributed by atoms with Crippen molar-refractivity contribution in [1.29, 1.82) is 0 Å². The van der Waals surface area contributed by atoms with E-state index in [9.17, 15) is 9.90 Å². The fourth-order valence-electron chi connectivity index (χ4n) is 5.52. The van der Waals surface area contributed by atoms with Gasteiger partial charge in [-0.1, -0.05) is 0 Å². The van der Waals surface area contributed by atoms with Gasteiger partial charge in [0.1, 0.15) is 0 Å². The van der Waals surface area contributed by atoms with Crippen molar-refractivity contribution in [2.45, 2.75) is 19.8 Å². The smallest absolute Gasteiger partial charge is 0.335 e. The molecule has 6 rings (SSSR count). The predicted octanol–water partition coefficient (Wildman–Crippen LogP) is 2.41. The van der Waals surface area contributed by atoms with Crippen LogP contribution in [-0.4, -0.2) is 86.4 Å². The SMILES string of the molecule is Cc1cc(C(=O)O)ccc1N1CCN(C[C@@H]2CCCN(c3nc(N)n4nc(-c5ccco5)nc4n3)C2)CC1. The molecule has 0 spiro atoms. The lowest BCUT2D eigenvalue weighted by Crippen LogP contribution is -2.50. The molecular formula is C26H31N9O3. The summed E-state index contributed by atoms with van der Waals surface area (Å²) in [6.07, 6.45) is 3.81. The number of aromatic carboxylic acids is 1. The van der Waals surface area contributed by atoms with Gasteiger partial charge in [-0.15, -0.1) is 5.10 Å². The zero-order chi connectivity index (χ0) is 26.2. The molecule has 0 radical (unpaired) electrons. The maximum absolute atomic E-state index is 11.3. The van der Waals surface area contributed by atoms with Crippen molar-refractivity contribution in [3.63, 3.8) is 0 Å². The Balaban J connectivity index is 1.08. The average molecular weight is 518 g/mol. The first-order valence-corrected chi connectivity index (χ1v) is 12.9. The number of carbonyl (C=O) groups is 1. The van der Waals surface area contributed by atoms with Crippen molar-refractivity contribution in [2.24, 2.45) is 5.92 Å². The highest BCUT2D eigenvalue weighted by molar-refractivity contribution is 5.88. The minimum absolute atomic E-state index is 0.250. The van der Waals surface area contributed by atoms with E-state index >= 15 is 0 Å². The number of nitrogens with zero attached hydrogens (tertiary/aromatic N) is 8. The minimum atomic E-state index is -0.890. The zero-order valence-electron chi connectivity index (χ0n) is 21.3. The number of piperidine rings is 1. The second kappa shape index (κ2) is 9.93. The van der Waals surface area contributed by atoms with E-state index in [-0.39, 0.29) is 5.95 Å². The number of benzene rings is 1. The molecule has 3 aromatic heterocycles. The Morgan fingerprint density at radius 2 is 1.95 bits per heavy atom. The van der Waals surface area contributed by atoms with Crippen LogP contribution in [0.3, 0.4) is 0 Å². The lowest BCUT2D eigenvalue weighted by molar-refractivity contribution is 0.0696. The van der Waals surface area contributed by atoms with E-state index in [0.717, 1.165) is 69.9 Å². The number of hydrogen-bond donors (Lipinski definition) is 2. The Hall–Kier alpha value is -4.19.